The lowest BCUT2D eigenvalue weighted by atomic mass is 10.2. The first kappa shape index (κ1) is 17.0. The fraction of sp³-hybridized carbons (Fsp3) is 0.500. The maximum absolute atomic E-state index is 11.9. The summed E-state index contributed by atoms with van der Waals surface area (Å²) in [5.74, 6) is 0.224. The molecule has 0 aliphatic rings. The van der Waals surface area contributed by atoms with Gasteiger partial charge in [-0.15, -0.1) is 0 Å². The first-order chi connectivity index (χ1) is 10.1. The van der Waals surface area contributed by atoms with E-state index in [2.05, 4.69) is 12.2 Å². The highest BCUT2D eigenvalue weighted by atomic mass is 16.5. The fourth-order valence-corrected chi connectivity index (χ4v) is 2.02. The molecule has 21 heavy (non-hydrogen) atoms. The van der Waals surface area contributed by atoms with Crippen molar-refractivity contribution in [3.63, 3.8) is 0 Å². The fourth-order valence-electron chi connectivity index (χ4n) is 2.02. The molecule has 0 spiro atoms. The third-order valence-electron chi connectivity index (χ3n) is 3.16. The Labute approximate surface area is 126 Å². The summed E-state index contributed by atoms with van der Waals surface area (Å²) in [5.41, 5.74) is 0.608. The molecule has 5 heteroatoms. The maximum Gasteiger partial charge on any atom is 0.240 e. The van der Waals surface area contributed by atoms with Gasteiger partial charge in [-0.05, 0) is 18.6 Å². The number of carbonyl (C=O) groups excluding carboxylic acids is 2. The highest BCUT2D eigenvalue weighted by Crippen LogP contribution is 2.27. The Morgan fingerprint density at radius 2 is 1.95 bits per heavy atom. The van der Waals surface area contributed by atoms with Crippen LogP contribution < -0.4 is 15.0 Å². The summed E-state index contributed by atoms with van der Waals surface area (Å²) in [4.78, 5) is 25.2. The van der Waals surface area contributed by atoms with Gasteiger partial charge in [-0.2, -0.15) is 0 Å². The molecule has 0 fully saturated rings. The number of carbonyl (C=O) groups is 2. The van der Waals surface area contributed by atoms with E-state index in [-0.39, 0.29) is 18.4 Å². The van der Waals surface area contributed by atoms with Gasteiger partial charge in [0.05, 0.1) is 12.8 Å². The molecule has 0 aromatic heterocycles. The van der Waals surface area contributed by atoms with Gasteiger partial charge in [0, 0.05) is 13.5 Å². The molecule has 1 N–H and O–H groups in total. The SMILES string of the molecule is CCCCCNC(=O)CN(C(C)=O)c1ccccc1OC. The van der Waals surface area contributed by atoms with Crippen LogP contribution in [0.5, 0.6) is 5.75 Å². The Hall–Kier alpha value is -2.04. The molecule has 0 atom stereocenters. The molecule has 5 nitrogen and oxygen atoms in total. The Balaban J connectivity index is 2.70. The van der Waals surface area contributed by atoms with Gasteiger partial charge in [0.1, 0.15) is 12.3 Å². The lowest BCUT2D eigenvalue weighted by molar-refractivity contribution is -0.123. The number of hydrogen-bond acceptors (Lipinski definition) is 3. The summed E-state index contributed by atoms with van der Waals surface area (Å²) >= 11 is 0. The largest absolute Gasteiger partial charge is 0.495 e. The van der Waals surface area contributed by atoms with Gasteiger partial charge in [0.15, 0.2) is 0 Å². The van der Waals surface area contributed by atoms with Gasteiger partial charge in [-0.25, -0.2) is 0 Å². The van der Waals surface area contributed by atoms with E-state index in [1.54, 1.807) is 19.2 Å². The topological polar surface area (TPSA) is 58.6 Å². The van der Waals surface area contributed by atoms with E-state index >= 15 is 0 Å². The molecule has 0 radical (unpaired) electrons. The van der Waals surface area contributed by atoms with Crippen molar-refractivity contribution >= 4 is 17.5 Å². The van der Waals surface area contributed by atoms with E-state index in [0.29, 0.717) is 18.0 Å². The van der Waals surface area contributed by atoms with Crippen molar-refractivity contribution in [3.05, 3.63) is 24.3 Å². The second-order valence-electron chi connectivity index (χ2n) is 4.83. The number of hydrogen-bond donors (Lipinski definition) is 1. The van der Waals surface area contributed by atoms with Crippen molar-refractivity contribution in [1.82, 2.24) is 5.32 Å². The van der Waals surface area contributed by atoms with Crippen LogP contribution in [0.4, 0.5) is 5.69 Å². The molecular weight excluding hydrogens is 268 g/mol. The summed E-state index contributed by atoms with van der Waals surface area (Å²) in [5, 5.41) is 2.84. The molecule has 0 saturated heterocycles. The highest BCUT2D eigenvalue weighted by Gasteiger charge is 2.18. The van der Waals surface area contributed by atoms with Crippen LogP contribution in [0.1, 0.15) is 33.1 Å². The third kappa shape index (κ3) is 5.45. The Kier molecular flexibility index (Phi) is 7.29. The van der Waals surface area contributed by atoms with Gasteiger partial charge < -0.3 is 10.1 Å². The van der Waals surface area contributed by atoms with Crippen LogP contribution in [-0.4, -0.2) is 32.0 Å². The van der Waals surface area contributed by atoms with E-state index in [1.165, 1.54) is 11.8 Å². The van der Waals surface area contributed by atoms with Gasteiger partial charge in [0.2, 0.25) is 11.8 Å². The number of para-hydroxylation sites is 2. The second kappa shape index (κ2) is 9.00. The minimum atomic E-state index is -0.191. The maximum atomic E-state index is 11.9. The smallest absolute Gasteiger partial charge is 0.240 e. The summed E-state index contributed by atoms with van der Waals surface area (Å²) < 4.78 is 5.25. The van der Waals surface area contributed by atoms with Crippen LogP contribution in [0.15, 0.2) is 24.3 Å². The zero-order chi connectivity index (χ0) is 15.7. The number of unbranched alkanes of at least 4 members (excludes halogenated alkanes) is 2. The standard InChI is InChI=1S/C16H24N2O3/c1-4-5-8-11-17-16(20)12-18(13(2)19)14-9-6-7-10-15(14)21-3/h6-7,9-10H,4-5,8,11-12H2,1-3H3,(H,17,20). The van der Waals surface area contributed by atoms with E-state index in [1.807, 2.05) is 12.1 Å². The van der Waals surface area contributed by atoms with Gasteiger partial charge in [0.25, 0.3) is 0 Å². The van der Waals surface area contributed by atoms with Crippen molar-refractivity contribution in [3.8, 4) is 5.75 Å². The molecule has 1 aromatic rings. The minimum Gasteiger partial charge on any atom is -0.495 e. The van der Waals surface area contributed by atoms with E-state index in [4.69, 9.17) is 4.74 Å². The van der Waals surface area contributed by atoms with Crippen LogP contribution in [-0.2, 0) is 9.59 Å². The molecule has 2 amide bonds. The lowest BCUT2D eigenvalue weighted by Crippen LogP contribution is -2.40. The van der Waals surface area contributed by atoms with Crippen molar-refractivity contribution in [2.75, 3.05) is 25.1 Å². The molecule has 1 aromatic carbocycles. The summed E-state index contributed by atoms with van der Waals surface area (Å²) in [7, 11) is 1.54. The highest BCUT2D eigenvalue weighted by molar-refractivity contribution is 5.98. The molecule has 1 rings (SSSR count). The molecule has 0 saturated carbocycles. The normalized spacial score (nSPS) is 10.0. The molecule has 0 heterocycles. The summed E-state index contributed by atoms with van der Waals surface area (Å²) in [6.07, 6.45) is 3.15. The van der Waals surface area contributed by atoms with Gasteiger partial charge in [-0.3, -0.25) is 14.5 Å². The van der Waals surface area contributed by atoms with E-state index in [9.17, 15) is 9.59 Å². The Morgan fingerprint density at radius 1 is 1.24 bits per heavy atom. The summed E-state index contributed by atoms with van der Waals surface area (Å²) in [6, 6.07) is 7.17. The van der Waals surface area contributed by atoms with Crippen molar-refractivity contribution in [2.24, 2.45) is 0 Å². The predicted octanol–water partition coefficient (Wildman–Crippen LogP) is 2.35. The van der Waals surface area contributed by atoms with Crippen LogP contribution in [0.25, 0.3) is 0 Å². The minimum absolute atomic E-state index is 0.00182. The molecular formula is C16H24N2O3. The zero-order valence-corrected chi connectivity index (χ0v) is 13.0. The number of methoxy groups -OCH3 is 1. The number of anilines is 1. The molecule has 0 unspecified atom stereocenters. The average Bonchev–Trinajstić information content (AvgIpc) is 2.49. The number of rotatable bonds is 8. The summed E-state index contributed by atoms with van der Waals surface area (Å²) in [6.45, 7) is 4.20. The first-order valence-corrected chi connectivity index (χ1v) is 7.28. The van der Waals surface area contributed by atoms with Crippen LogP contribution in [0.3, 0.4) is 0 Å². The third-order valence-corrected chi connectivity index (χ3v) is 3.16. The van der Waals surface area contributed by atoms with Crippen molar-refractivity contribution < 1.29 is 14.3 Å². The number of benzene rings is 1. The predicted molar refractivity (Wildman–Crippen MR) is 83.6 cm³/mol. The van der Waals surface area contributed by atoms with Gasteiger partial charge in [-0.1, -0.05) is 31.9 Å². The quantitative estimate of drug-likeness (QED) is 0.748. The van der Waals surface area contributed by atoms with E-state index in [0.717, 1.165) is 19.3 Å². The Bertz CT molecular complexity index is 474. The van der Waals surface area contributed by atoms with Gasteiger partial charge >= 0.3 is 0 Å². The number of ether oxygens (including phenoxy) is 1. The number of nitrogens with zero attached hydrogens (tertiary/aromatic N) is 1. The molecule has 0 bridgehead atoms. The van der Waals surface area contributed by atoms with E-state index < -0.39 is 0 Å². The monoisotopic (exact) mass is 292 g/mol. The molecule has 116 valence electrons. The lowest BCUT2D eigenvalue weighted by Gasteiger charge is -2.22. The second-order valence-corrected chi connectivity index (χ2v) is 4.83. The van der Waals surface area contributed by atoms with Crippen molar-refractivity contribution in [1.29, 1.82) is 0 Å². The first-order valence-electron chi connectivity index (χ1n) is 7.28. The van der Waals surface area contributed by atoms with Crippen LogP contribution in [0, 0.1) is 0 Å². The van der Waals surface area contributed by atoms with Crippen LogP contribution >= 0.6 is 0 Å². The average molecular weight is 292 g/mol. The zero-order valence-electron chi connectivity index (χ0n) is 13.0. The molecule has 0 aliphatic heterocycles. The van der Waals surface area contributed by atoms with Crippen molar-refractivity contribution in [2.45, 2.75) is 33.1 Å². The number of nitrogens with one attached hydrogen (secondary N) is 1. The molecule has 0 aliphatic carbocycles. The van der Waals surface area contributed by atoms with Crippen LogP contribution in [0.2, 0.25) is 0 Å². The Morgan fingerprint density at radius 3 is 2.57 bits per heavy atom. The number of amides is 2.